The quantitative estimate of drug-likeness (QED) is 0.554. The lowest BCUT2D eigenvalue weighted by Gasteiger charge is -2.08. The van der Waals surface area contributed by atoms with E-state index in [2.05, 4.69) is 39.9 Å². The minimum Gasteiger partial charge on any atom is -0.497 e. The van der Waals surface area contributed by atoms with Gasteiger partial charge in [-0.1, -0.05) is 42.5 Å². The molecule has 2 N–H and O–H groups in total. The van der Waals surface area contributed by atoms with Gasteiger partial charge in [0.2, 0.25) is 0 Å². The minimum absolute atomic E-state index is 0.140. The molecule has 0 aliphatic rings. The van der Waals surface area contributed by atoms with Gasteiger partial charge >= 0.3 is 0 Å². The van der Waals surface area contributed by atoms with Crippen LogP contribution in [0.3, 0.4) is 0 Å². The average molecular weight is 375 g/mol. The number of hydrogen-bond acceptors (Lipinski definition) is 4. The van der Waals surface area contributed by atoms with Crippen LogP contribution < -0.4 is 15.4 Å². The normalized spacial score (nSPS) is 10.3. The van der Waals surface area contributed by atoms with Crippen molar-refractivity contribution in [3.8, 4) is 5.75 Å². The number of hydrogen-bond donors (Lipinski definition) is 2. The third-order valence-corrected chi connectivity index (χ3v) is 4.43. The van der Waals surface area contributed by atoms with Crippen molar-refractivity contribution in [2.24, 2.45) is 0 Å². The van der Waals surface area contributed by atoms with E-state index in [1.807, 2.05) is 36.4 Å². The molecule has 1 heterocycles. The second-order valence-electron chi connectivity index (χ2n) is 6.48. The van der Waals surface area contributed by atoms with Gasteiger partial charge in [-0.3, -0.25) is 4.79 Å². The molecule has 28 heavy (non-hydrogen) atoms. The van der Waals surface area contributed by atoms with Gasteiger partial charge in [0.25, 0.3) is 5.91 Å². The molecule has 0 fully saturated rings. The summed E-state index contributed by atoms with van der Waals surface area (Å²) in [6, 6.07) is 21.7. The molecule has 3 rings (SSSR count). The lowest BCUT2D eigenvalue weighted by atomic mass is 10.1. The highest BCUT2D eigenvalue weighted by molar-refractivity contribution is 5.94. The maximum atomic E-state index is 12.3. The number of aryl methyl sites for hydroxylation is 1. The molecule has 0 unspecified atom stereocenters. The van der Waals surface area contributed by atoms with Crippen LogP contribution in [-0.2, 0) is 13.0 Å². The molecular formula is C23H25N3O2. The van der Waals surface area contributed by atoms with E-state index >= 15 is 0 Å². The molecule has 2 aromatic carbocycles. The number of ether oxygens (including phenoxy) is 1. The molecule has 0 bridgehead atoms. The number of methoxy groups -OCH3 is 1. The number of carbonyl (C=O) groups excluding carboxylic acids is 1. The zero-order valence-corrected chi connectivity index (χ0v) is 16.0. The van der Waals surface area contributed by atoms with Crippen LogP contribution in [0.25, 0.3) is 0 Å². The Kier molecular flexibility index (Phi) is 7.01. The Morgan fingerprint density at radius 1 is 0.964 bits per heavy atom. The van der Waals surface area contributed by atoms with Crippen molar-refractivity contribution in [1.82, 2.24) is 10.3 Å². The highest BCUT2D eigenvalue weighted by atomic mass is 16.5. The van der Waals surface area contributed by atoms with Crippen LogP contribution in [0, 0.1) is 0 Å². The van der Waals surface area contributed by atoms with E-state index in [4.69, 9.17) is 4.74 Å². The third kappa shape index (κ3) is 5.84. The lowest BCUT2D eigenvalue weighted by molar-refractivity contribution is 0.0950. The summed E-state index contributed by atoms with van der Waals surface area (Å²) < 4.78 is 5.13. The first-order valence-electron chi connectivity index (χ1n) is 9.39. The molecule has 0 aliphatic carbocycles. The average Bonchev–Trinajstić information content (AvgIpc) is 2.76. The van der Waals surface area contributed by atoms with Gasteiger partial charge in [-0.05, 0) is 48.2 Å². The fourth-order valence-electron chi connectivity index (χ4n) is 2.81. The van der Waals surface area contributed by atoms with Crippen LogP contribution >= 0.6 is 0 Å². The van der Waals surface area contributed by atoms with Gasteiger partial charge < -0.3 is 15.4 Å². The number of carbonyl (C=O) groups is 1. The first-order valence-corrected chi connectivity index (χ1v) is 9.39. The molecule has 1 aromatic heterocycles. The van der Waals surface area contributed by atoms with Crippen molar-refractivity contribution in [2.45, 2.75) is 19.4 Å². The second kappa shape index (κ2) is 10.1. The number of rotatable bonds is 9. The predicted octanol–water partition coefficient (Wildman–Crippen LogP) is 4.06. The number of benzene rings is 2. The molecule has 0 spiro atoms. The van der Waals surface area contributed by atoms with Crippen molar-refractivity contribution < 1.29 is 9.53 Å². The molecule has 5 heteroatoms. The summed E-state index contributed by atoms with van der Waals surface area (Å²) in [5.41, 5.74) is 2.89. The maximum absolute atomic E-state index is 12.3. The summed E-state index contributed by atoms with van der Waals surface area (Å²) in [6.07, 6.45) is 3.65. The Balaban J connectivity index is 1.41. The van der Waals surface area contributed by atoms with Crippen molar-refractivity contribution in [3.63, 3.8) is 0 Å². The molecule has 0 radical (unpaired) electrons. The standard InChI is InChI=1S/C23H25N3O2/c1-28-21-12-9-19(10-13-21)16-26-23(27)20-11-14-22(25-17-20)24-15-5-8-18-6-3-2-4-7-18/h2-4,6-7,9-14,17H,5,8,15-16H2,1H3,(H,24,25)(H,26,27). The van der Waals surface area contributed by atoms with Gasteiger partial charge in [-0.25, -0.2) is 4.98 Å². The fraction of sp³-hybridized carbons (Fsp3) is 0.217. The van der Waals surface area contributed by atoms with Gasteiger partial charge in [0.1, 0.15) is 11.6 Å². The van der Waals surface area contributed by atoms with Crippen LogP contribution in [0.4, 0.5) is 5.82 Å². The van der Waals surface area contributed by atoms with Crippen LogP contribution in [-0.4, -0.2) is 24.5 Å². The Labute approximate surface area is 165 Å². The monoisotopic (exact) mass is 375 g/mol. The van der Waals surface area contributed by atoms with E-state index in [-0.39, 0.29) is 5.91 Å². The van der Waals surface area contributed by atoms with Crippen molar-refractivity contribution in [3.05, 3.63) is 89.6 Å². The van der Waals surface area contributed by atoms with Crippen molar-refractivity contribution in [2.75, 3.05) is 19.0 Å². The number of pyridine rings is 1. The zero-order valence-electron chi connectivity index (χ0n) is 16.0. The topological polar surface area (TPSA) is 63.2 Å². The third-order valence-electron chi connectivity index (χ3n) is 4.43. The number of amides is 1. The minimum atomic E-state index is -0.140. The summed E-state index contributed by atoms with van der Waals surface area (Å²) in [6.45, 7) is 1.30. The number of aromatic nitrogens is 1. The fourth-order valence-corrected chi connectivity index (χ4v) is 2.81. The van der Waals surface area contributed by atoms with E-state index in [1.165, 1.54) is 5.56 Å². The summed E-state index contributed by atoms with van der Waals surface area (Å²) in [5, 5.41) is 6.20. The maximum Gasteiger partial charge on any atom is 0.253 e. The Morgan fingerprint density at radius 3 is 2.43 bits per heavy atom. The summed E-state index contributed by atoms with van der Waals surface area (Å²) in [7, 11) is 1.63. The molecule has 3 aromatic rings. The van der Waals surface area contributed by atoms with Crippen LogP contribution in [0.1, 0.15) is 27.9 Å². The first kappa shape index (κ1) is 19.4. The van der Waals surface area contributed by atoms with E-state index in [0.29, 0.717) is 12.1 Å². The van der Waals surface area contributed by atoms with Crippen molar-refractivity contribution in [1.29, 1.82) is 0 Å². The molecule has 5 nitrogen and oxygen atoms in total. The van der Waals surface area contributed by atoms with E-state index in [1.54, 1.807) is 19.4 Å². The van der Waals surface area contributed by atoms with E-state index in [9.17, 15) is 4.79 Å². The van der Waals surface area contributed by atoms with E-state index < -0.39 is 0 Å². The van der Waals surface area contributed by atoms with Crippen LogP contribution in [0.15, 0.2) is 72.9 Å². The van der Waals surface area contributed by atoms with Crippen LogP contribution in [0.5, 0.6) is 5.75 Å². The van der Waals surface area contributed by atoms with Gasteiger partial charge in [-0.15, -0.1) is 0 Å². The smallest absolute Gasteiger partial charge is 0.253 e. The lowest BCUT2D eigenvalue weighted by Crippen LogP contribution is -2.23. The highest BCUT2D eigenvalue weighted by Crippen LogP contribution is 2.11. The van der Waals surface area contributed by atoms with Gasteiger partial charge in [0.05, 0.1) is 12.7 Å². The van der Waals surface area contributed by atoms with Gasteiger partial charge in [-0.2, -0.15) is 0 Å². The summed E-state index contributed by atoms with van der Waals surface area (Å²) >= 11 is 0. The molecule has 144 valence electrons. The van der Waals surface area contributed by atoms with E-state index in [0.717, 1.165) is 36.5 Å². The van der Waals surface area contributed by atoms with Crippen molar-refractivity contribution >= 4 is 11.7 Å². The second-order valence-corrected chi connectivity index (χ2v) is 6.48. The van der Waals surface area contributed by atoms with Gasteiger partial charge in [0, 0.05) is 19.3 Å². The van der Waals surface area contributed by atoms with Gasteiger partial charge in [0.15, 0.2) is 0 Å². The summed E-state index contributed by atoms with van der Waals surface area (Å²) in [5.74, 6) is 1.44. The number of nitrogens with zero attached hydrogens (tertiary/aromatic N) is 1. The molecule has 1 amide bonds. The highest BCUT2D eigenvalue weighted by Gasteiger charge is 2.06. The number of anilines is 1. The Bertz CT molecular complexity index is 863. The van der Waals surface area contributed by atoms with Crippen LogP contribution in [0.2, 0.25) is 0 Å². The molecule has 0 saturated heterocycles. The molecular weight excluding hydrogens is 350 g/mol. The summed E-state index contributed by atoms with van der Waals surface area (Å²) in [4.78, 5) is 16.6. The SMILES string of the molecule is COc1ccc(CNC(=O)c2ccc(NCCCc3ccccc3)nc2)cc1. The zero-order chi connectivity index (χ0) is 19.6. The number of nitrogens with one attached hydrogen (secondary N) is 2. The Hall–Kier alpha value is -3.34. The predicted molar refractivity (Wildman–Crippen MR) is 112 cm³/mol. The Morgan fingerprint density at radius 2 is 1.75 bits per heavy atom. The largest absolute Gasteiger partial charge is 0.497 e. The molecule has 0 saturated carbocycles. The first-order chi connectivity index (χ1) is 13.7. The molecule has 0 aliphatic heterocycles. The molecule has 0 atom stereocenters.